The number of carbonyl (C=O) groups is 2. The van der Waals surface area contributed by atoms with Gasteiger partial charge >= 0.3 is 24.9 Å². The molecule has 1 aromatic heterocycles. The number of aryl methyl sites for hydroxylation is 2. The summed E-state index contributed by atoms with van der Waals surface area (Å²) in [5.41, 5.74) is 5.84. The smallest absolute Gasteiger partial charge is 0.543 e. The van der Waals surface area contributed by atoms with Gasteiger partial charge in [-0.3, -0.25) is 9.88 Å². The Morgan fingerprint density at radius 1 is 1.11 bits per heavy atom. The summed E-state index contributed by atoms with van der Waals surface area (Å²) in [6, 6.07) is 10.1. The van der Waals surface area contributed by atoms with Gasteiger partial charge in [0.1, 0.15) is 0 Å². The van der Waals surface area contributed by atoms with Crippen molar-refractivity contribution in [1.82, 2.24) is 9.88 Å². The van der Waals surface area contributed by atoms with Crippen LogP contribution in [0.5, 0.6) is 0 Å². The number of pyridine rings is 1. The van der Waals surface area contributed by atoms with Crippen molar-refractivity contribution in [3.63, 3.8) is 0 Å². The quantitative estimate of drug-likeness (QED) is 0.487. The Hall–Kier alpha value is -3.41. The van der Waals surface area contributed by atoms with Crippen LogP contribution in [-0.4, -0.2) is 42.5 Å². The monoisotopic (exact) mass is 512 g/mol. The van der Waals surface area contributed by atoms with Crippen LogP contribution in [0.2, 0.25) is 0 Å². The Labute approximate surface area is 232 Å². The standard InChI is InChI=1S/C28H28F2N4O3.Li/c1-4-16-10-24-21(15-32(2)28(37)33(24)3)25(11-16)34-9-5-6-17-12-19(20(26(29)30)13-23(17)34)18-7-8-22(27(35)36)31-14-18;/h7-8,10-14,26H,4-6,9,15H2,1-3H3,(H,35,36);/q;+1/p-1. The average molecular weight is 512 g/mol. The van der Waals surface area contributed by atoms with Crippen molar-refractivity contribution >= 4 is 29.1 Å². The SMILES string of the molecule is CCc1cc2c(c(N3CCCc4cc(-c5ccc(C(=O)[O-])nc5)c(C(F)F)cc43)c1)CN(C)C(=O)N2C.[Li+]. The van der Waals surface area contributed by atoms with Crippen LogP contribution in [0.1, 0.15) is 52.5 Å². The van der Waals surface area contributed by atoms with E-state index in [0.717, 1.165) is 53.0 Å². The summed E-state index contributed by atoms with van der Waals surface area (Å²) in [7, 11) is 3.51. The maximum Gasteiger partial charge on any atom is 1.00 e. The van der Waals surface area contributed by atoms with E-state index in [4.69, 9.17) is 0 Å². The zero-order valence-electron chi connectivity index (χ0n) is 21.9. The van der Waals surface area contributed by atoms with Crippen LogP contribution in [0.3, 0.4) is 0 Å². The minimum atomic E-state index is -2.74. The van der Waals surface area contributed by atoms with Crippen molar-refractivity contribution in [3.05, 3.63) is 70.5 Å². The molecule has 0 unspecified atom stereocenters. The zero-order chi connectivity index (χ0) is 26.4. The van der Waals surface area contributed by atoms with Crippen LogP contribution in [0.15, 0.2) is 42.6 Å². The van der Waals surface area contributed by atoms with Crippen LogP contribution in [0.25, 0.3) is 11.1 Å². The average Bonchev–Trinajstić information content (AvgIpc) is 2.90. The van der Waals surface area contributed by atoms with Gasteiger partial charge in [0.05, 0.1) is 23.9 Å². The minimum absolute atomic E-state index is 0. The van der Waals surface area contributed by atoms with Gasteiger partial charge in [-0.2, -0.15) is 0 Å². The van der Waals surface area contributed by atoms with E-state index in [1.165, 1.54) is 18.3 Å². The van der Waals surface area contributed by atoms with Crippen molar-refractivity contribution in [2.75, 3.05) is 30.4 Å². The second-order valence-electron chi connectivity index (χ2n) is 9.51. The molecule has 0 aliphatic carbocycles. The molecule has 2 aliphatic rings. The number of benzene rings is 2. The van der Waals surface area contributed by atoms with Crippen molar-refractivity contribution < 1.29 is 42.3 Å². The second-order valence-corrected chi connectivity index (χ2v) is 9.51. The van der Waals surface area contributed by atoms with E-state index in [2.05, 4.69) is 16.0 Å². The Morgan fingerprint density at radius 2 is 1.84 bits per heavy atom. The first-order chi connectivity index (χ1) is 17.7. The summed E-state index contributed by atoms with van der Waals surface area (Å²) in [6.07, 6.45) is 0.882. The molecule has 2 aromatic carbocycles. The van der Waals surface area contributed by atoms with Crippen LogP contribution in [0.4, 0.5) is 30.6 Å². The van der Waals surface area contributed by atoms with Gasteiger partial charge in [0.15, 0.2) is 0 Å². The molecule has 0 fully saturated rings. The number of carbonyl (C=O) groups excluding carboxylic acids is 2. The third kappa shape index (κ3) is 4.77. The number of amides is 2. The maximum atomic E-state index is 14.4. The molecule has 192 valence electrons. The summed E-state index contributed by atoms with van der Waals surface area (Å²) in [5, 5.41) is 11.1. The Balaban J connectivity index is 0.00000336. The molecule has 3 aromatic rings. The molecule has 3 heterocycles. The van der Waals surface area contributed by atoms with E-state index in [-0.39, 0.29) is 36.1 Å². The molecule has 38 heavy (non-hydrogen) atoms. The van der Waals surface area contributed by atoms with Gasteiger partial charge in [-0.1, -0.05) is 13.0 Å². The third-order valence-corrected chi connectivity index (χ3v) is 7.22. The maximum absolute atomic E-state index is 14.4. The number of hydrogen-bond donors (Lipinski definition) is 0. The number of halogens is 2. The molecule has 0 spiro atoms. The first kappa shape index (κ1) is 27.6. The van der Waals surface area contributed by atoms with Crippen molar-refractivity contribution in [1.29, 1.82) is 0 Å². The predicted molar refractivity (Wildman–Crippen MR) is 135 cm³/mol. The first-order valence-corrected chi connectivity index (χ1v) is 12.2. The van der Waals surface area contributed by atoms with E-state index in [1.54, 1.807) is 36.0 Å². The predicted octanol–water partition coefficient (Wildman–Crippen LogP) is 1.70. The molecule has 0 radical (unpaired) electrons. The summed E-state index contributed by atoms with van der Waals surface area (Å²) < 4.78 is 28.7. The molecule has 0 atom stereocenters. The van der Waals surface area contributed by atoms with Gasteiger partial charge < -0.3 is 19.7 Å². The van der Waals surface area contributed by atoms with Gasteiger partial charge in [-0.25, -0.2) is 13.6 Å². The number of carboxylic acid groups (broad SMARTS) is 1. The van der Waals surface area contributed by atoms with Gasteiger partial charge in [-0.05, 0) is 66.3 Å². The molecule has 10 heteroatoms. The number of aromatic carboxylic acids is 1. The molecule has 2 amide bonds. The summed E-state index contributed by atoms with van der Waals surface area (Å²) in [6.45, 7) is 3.14. The fraction of sp³-hybridized carbons (Fsp3) is 0.321. The van der Waals surface area contributed by atoms with Crippen LogP contribution >= 0.6 is 0 Å². The third-order valence-electron chi connectivity index (χ3n) is 7.22. The largest absolute Gasteiger partial charge is 1.00 e. The molecule has 5 rings (SSSR count). The normalized spacial score (nSPS) is 14.8. The van der Waals surface area contributed by atoms with Crippen LogP contribution in [0, 0.1) is 0 Å². The van der Waals surface area contributed by atoms with Gasteiger partial charge in [0, 0.05) is 54.9 Å². The van der Waals surface area contributed by atoms with Crippen LogP contribution in [-0.2, 0) is 19.4 Å². The van der Waals surface area contributed by atoms with E-state index in [0.29, 0.717) is 24.2 Å². The number of rotatable bonds is 5. The first-order valence-electron chi connectivity index (χ1n) is 12.2. The number of carboxylic acids is 1. The van der Waals surface area contributed by atoms with Crippen molar-refractivity contribution in [3.8, 4) is 11.1 Å². The summed E-state index contributed by atoms with van der Waals surface area (Å²) >= 11 is 0. The van der Waals surface area contributed by atoms with E-state index in [9.17, 15) is 23.5 Å². The number of aromatic nitrogens is 1. The number of urea groups is 1. The van der Waals surface area contributed by atoms with Gasteiger partial charge in [0.2, 0.25) is 0 Å². The molecular formula is C28H27F2LiN4O3. The number of hydrogen-bond acceptors (Lipinski definition) is 5. The number of nitrogens with zero attached hydrogens (tertiary/aromatic N) is 4. The van der Waals surface area contributed by atoms with E-state index >= 15 is 0 Å². The molecule has 2 aliphatic heterocycles. The summed E-state index contributed by atoms with van der Waals surface area (Å²) in [5.74, 6) is -1.42. The van der Waals surface area contributed by atoms with E-state index in [1.807, 2.05) is 13.0 Å². The molecule has 7 nitrogen and oxygen atoms in total. The fourth-order valence-electron chi connectivity index (χ4n) is 5.27. The zero-order valence-corrected chi connectivity index (χ0v) is 21.9. The summed E-state index contributed by atoms with van der Waals surface area (Å²) in [4.78, 5) is 33.0. The molecule has 0 saturated heterocycles. The Morgan fingerprint density at radius 3 is 2.47 bits per heavy atom. The fourth-order valence-corrected chi connectivity index (χ4v) is 5.27. The van der Waals surface area contributed by atoms with Gasteiger partial charge in [-0.15, -0.1) is 0 Å². The molecule has 0 bridgehead atoms. The Bertz CT molecular complexity index is 1400. The molecular weight excluding hydrogens is 485 g/mol. The van der Waals surface area contributed by atoms with Crippen LogP contribution < -0.4 is 33.8 Å². The number of fused-ring (bicyclic) bond motifs is 2. The van der Waals surface area contributed by atoms with Gasteiger partial charge in [0.25, 0.3) is 6.43 Å². The topological polar surface area (TPSA) is 79.8 Å². The van der Waals surface area contributed by atoms with Crippen molar-refractivity contribution in [2.45, 2.75) is 39.2 Å². The molecule has 0 saturated carbocycles. The second kappa shape index (κ2) is 10.8. The Kier molecular flexibility index (Phi) is 7.82. The van der Waals surface area contributed by atoms with E-state index < -0.39 is 12.4 Å². The van der Waals surface area contributed by atoms with Crippen molar-refractivity contribution in [2.24, 2.45) is 0 Å². The number of alkyl halides is 2. The molecule has 0 N–H and O–H groups in total. The number of anilines is 3. The minimum Gasteiger partial charge on any atom is -0.543 e.